The maximum atomic E-state index is 12.8. The van der Waals surface area contributed by atoms with Crippen molar-refractivity contribution in [3.63, 3.8) is 0 Å². The molecule has 25 heavy (non-hydrogen) atoms. The number of rotatable bonds is 6. The van der Waals surface area contributed by atoms with Crippen LogP contribution in [-0.4, -0.2) is 35.6 Å². The zero-order valence-electron chi connectivity index (χ0n) is 15.3. The van der Waals surface area contributed by atoms with Gasteiger partial charge in [0.25, 0.3) is 5.91 Å². The summed E-state index contributed by atoms with van der Waals surface area (Å²) >= 11 is 0. The number of hydrogen-bond donors (Lipinski definition) is 1. The molecule has 1 aromatic carbocycles. The number of benzene rings is 1. The van der Waals surface area contributed by atoms with Gasteiger partial charge in [-0.3, -0.25) is 9.69 Å². The van der Waals surface area contributed by atoms with E-state index in [0.717, 1.165) is 13.1 Å². The van der Waals surface area contributed by atoms with Gasteiger partial charge in [-0.05, 0) is 38.4 Å². The fraction of sp³-hybridized carbons (Fsp3) is 0.500. The Hall–Kier alpha value is -2.14. The lowest BCUT2D eigenvalue weighted by Gasteiger charge is -2.28. The number of likely N-dealkylation sites (tertiary alicyclic amines) is 1. The third-order valence-corrected chi connectivity index (χ3v) is 4.86. The second-order valence-corrected chi connectivity index (χ2v) is 7.04. The van der Waals surface area contributed by atoms with Gasteiger partial charge in [0, 0.05) is 12.5 Å². The van der Waals surface area contributed by atoms with E-state index in [-0.39, 0.29) is 17.9 Å². The highest BCUT2D eigenvalue weighted by molar-refractivity contribution is 5.96. The first kappa shape index (κ1) is 17.7. The van der Waals surface area contributed by atoms with Crippen molar-refractivity contribution in [1.29, 1.82) is 0 Å². The highest BCUT2D eigenvalue weighted by Gasteiger charge is 2.26. The molecule has 2 heterocycles. The van der Waals surface area contributed by atoms with Crippen molar-refractivity contribution in [2.24, 2.45) is 0 Å². The molecular weight excluding hydrogens is 314 g/mol. The van der Waals surface area contributed by atoms with Crippen LogP contribution < -0.4 is 5.32 Å². The topological polar surface area (TPSA) is 58.4 Å². The lowest BCUT2D eigenvalue weighted by atomic mass is 10.0. The molecule has 1 N–H and O–H groups in total. The second kappa shape index (κ2) is 7.83. The van der Waals surface area contributed by atoms with Crippen LogP contribution in [0.5, 0.6) is 0 Å². The molecule has 134 valence electrons. The van der Waals surface area contributed by atoms with E-state index in [1.807, 2.05) is 26.8 Å². The Morgan fingerprint density at radius 2 is 1.92 bits per heavy atom. The summed E-state index contributed by atoms with van der Waals surface area (Å²) in [5, 5.41) is 7.09. The highest BCUT2D eigenvalue weighted by Crippen LogP contribution is 2.25. The molecule has 1 aliphatic rings. The first-order valence-corrected chi connectivity index (χ1v) is 9.11. The van der Waals surface area contributed by atoms with Gasteiger partial charge in [-0.15, -0.1) is 0 Å². The van der Waals surface area contributed by atoms with Gasteiger partial charge in [0.05, 0.1) is 11.7 Å². The lowest BCUT2D eigenvalue weighted by molar-refractivity contribution is 0.0935. The zero-order valence-corrected chi connectivity index (χ0v) is 15.3. The SMILES string of the molecule is Cc1noc(C(C)C)c1C(=O)NC[C@H](c1ccccc1)N1CCCC1. The van der Waals surface area contributed by atoms with Crippen LogP contribution >= 0.6 is 0 Å². The summed E-state index contributed by atoms with van der Waals surface area (Å²) in [7, 11) is 0. The van der Waals surface area contributed by atoms with E-state index in [9.17, 15) is 4.79 Å². The van der Waals surface area contributed by atoms with Gasteiger partial charge in [0.1, 0.15) is 5.56 Å². The maximum absolute atomic E-state index is 12.8. The molecule has 1 aliphatic heterocycles. The van der Waals surface area contributed by atoms with E-state index in [1.165, 1.54) is 18.4 Å². The molecule has 0 spiro atoms. The van der Waals surface area contributed by atoms with Gasteiger partial charge in [-0.1, -0.05) is 49.3 Å². The number of amides is 1. The van der Waals surface area contributed by atoms with Crippen molar-refractivity contribution in [3.8, 4) is 0 Å². The molecule has 5 nitrogen and oxygen atoms in total. The van der Waals surface area contributed by atoms with E-state index in [0.29, 0.717) is 23.6 Å². The fourth-order valence-corrected chi connectivity index (χ4v) is 3.52. The third-order valence-electron chi connectivity index (χ3n) is 4.86. The molecule has 1 amide bonds. The van der Waals surface area contributed by atoms with E-state index < -0.39 is 0 Å². The average molecular weight is 341 g/mol. The van der Waals surface area contributed by atoms with Crippen molar-refractivity contribution in [3.05, 3.63) is 52.9 Å². The van der Waals surface area contributed by atoms with Gasteiger partial charge >= 0.3 is 0 Å². The van der Waals surface area contributed by atoms with Gasteiger partial charge in [0.15, 0.2) is 5.76 Å². The first-order chi connectivity index (χ1) is 12.1. The van der Waals surface area contributed by atoms with Crippen LogP contribution in [0.2, 0.25) is 0 Å². The Morgan fingerprint density at radius 1 is 1.24 bits per heavy atom. The van der Waals surface area contributed by atoms with Crippen molar-refractivity contribution in [2.45, 2.75) is 45.6 Å². The van der Waals surface area contributed by atoms with E-state index >= 15 is 0 Å². The molecule has 1 saturated heterocycles. The summed E-state index contributed by atoms with van der Waals surface area (Å²) in [6.45, 7) is 8.59. The normalized spacial score (nSPS) is 16.3. The molecule has 0 bridgehead atoms. The maximum Gasteiger partial charge on any atom is 0.256 e. The van der Waals surface area contributed by atoms with Gasteiger partial charge in [-0.2, -0.15) is 0 Å². The number of aryl methyl sites for hydroxylation is 1. The minimum Gasteiger partial charge on any atom is -0.360 e. The number of aromatic nitrogens is 1. The predicted octanol–water partition coefficient (Wildman–Crippen LogP) is 3.67. The summed E-state index contributed by atoms with van der Waals surface area (Å²) in [5.74, 6) is 0.695. The van der Waals surface area contributed by atoms with Crippen molar-refractivity contribution in [2.75, 3.05) is 19.6 Å². The Balaban J connectivity index is 1.75. The fourth-order valence-electron chi connectivity index (χ4n) is 3.52. The number of carbonyl (C=O) groups is 1. The Labute approximate surface area is 149 Å². The minimum absolute atomic E-state index is 0.0948. The number of nitrogens with zero attached hydrogens (tertiary/aromatic N) is 2. The predicted molar refractivity (Wildman–Crippen MR) is 97.7 cm³/mol. The monoisotopic (exact) mass is 341 g/mol. The minimum atomic E-state index is -0.0948. The quantitative estimate of drug-likeness (QED) is 0.871. The summed E-state index contributed by atoms with van der Waals surface area (Å²) in [6.07, 6.45) is 2.44. The van der Waals surface area contributed by atoms with Crippen molar-refractivity contribution >= 4 is 5.91 Å². The lowest BCUT2D eigenvalue weighted by Crippen LogP contribution is -2.37. The molecule has 0 saturated carbocycles. The molecular formula is C20H27N3O2. The van der Waals surface area contributed by atoms with Crippen LogP contribution in [0.3, 0.4) is 0 Å². The Kier molecular flexibility index (Phi) is 5.53. The summed E-state index contributed by atoms with van der Waals surface area (Å²) < 4.78 is 5.35. The van der Waals surface area contributed by atoms with Crippen LogP contribution in [0.15, 0.2) is 34.9 Å². The largest absolute Gasteiger partial charge is 0.360 e. The number of nitrogens with one attached hydrogen (secondary N) is 1. The van der Waals surface area contributed by atoms with Crippen LogP contribution in [0.1, 0.15) is 66.0 Å². The highest BCUT2D eigenvalue weighted by atomic mass is 16.5. The van der Waals surface area contributed by atoms with Gasteiger partial charge in [0.2, 0.25) is 0 Å². The molecule has 3 rings (SSSR count). The average Bonchev–Trinajstić information content (AvgIpc) is 3.25. The molecule has 0 radical (unpaired) electrons. The zero-order chi connectivity index (χ0) is 17.8. The van der Waals surface area contributed by atoms with E-state index in [1.54, 1.807) is 0 Å². The molecule has 1 aromatic heterocycles. The first-order valence-electron chi connectivity index (χ1n) is 9.11. The molecule has 5 heteroatoms. The summed E-state index contributed by atoms with van der Waals surface area (Å²) in [5.41, 5.74) is 2.48. The second-order valence-electron chi connectivity index (χ2n) is 7.04. The van der Waals surface area contributed by atoms with E-state index in [4.69, 9.17) is 4.52 Å². The Bertz CT molecular complexity index is 703. The van der Waals surface area contributed by atoms with Gasteiger partial charge in [-0.25, -0.2) is 0 Å². The van der Waals surface area contributed by atoms with E-state index in [2.05, 4.69) is 39.6 Å². The standard InChI is InChI=1S/C20H27N3O2/c1-14(2)19-18(15(3)22-25-19)20(24)21-13-17(23-11-7-8-12-23)16-9-5-4-6-10-16/h4-6,9-10,14,17H,7-8,11-13H2,1-3H3,(H,21,24)/t17-/m1/s1. The number of carbonyl (C=O) groups excluding carboxylic acids is 1. The smallest absolute Gasteiger partial charge is 0.256 e. The molecule has 1 atom stereocenters. The van der Waals surface area contributed by atoms with Crippen LogP contribution in [-0.2, 0) is 0 Å². The van der Waals surface area contributed by atoms with Gasteiger partial charge < -0.3 is 9.84 Å². The van der Waals surface area contributed by atoms with Crippen molar-refractivity contribution < 1.29 is 9.32 Å². The number of hydrogen-bond acceptors (Lipinski definition) is 4. The molecule has 0 unspecified atom stereocenters. The van der Waals surface area contributed by atoms with Crippen LogP contribution in [0, 0.1) is 6.92 Å². The third kappa shape index (κ3) is 3.93. The molecule has 0 aliphatic carbocycles. The summed E-state index contributed by atoms with van der Waals surface area (Å²) in [4.78, 5) is 15.2. The summed E-state index contributed by atoms with van der Waals surface area (Å²) in [6, 6.07) is 10.6. The Morgan fingerprint density at radius 3 is 2.56 bits per heavy atom. The van der Waals surface area contributed by atoms with Crippen LogP contribution in [0.25, 0.3) is 0 Å². The molecule has 2 aromatic rings. The molecule has 1 fully saturated rings. The van der Waals surface area contributed by atoms with Crippen molar-refractivity contribution in [1.82, 2.24) is 15.4 Å². The van der Waals surface area contributed by atoms with Crippen LogP contribution in [0.4, 0.5) is 0 Å².